The van der Waals surface area contributed by atoms with Crippen molar-refractivity contribution >= 4 is 11.8 Å². The highest BCUT2D eigenvalue weighted by molar-refractivity contribution is 5.96. The zero-order chi connectivity index (χ0) is 38.3. The summed E-state index contributed by atoms with van der Waals surface area (Å²) in [6.07, 6.45) is -8.50. The standard InChI is InChI=1S/C39H65F3O8/c1-15-29-38(45,39(40,41)42)18-22(4)31(43)21(3)17-37(13,14)33(50-35-24(6)20(2)16-23(5)46-35)25(7)32(26(8)34(44)48-29)49-30-19-36(11,12)27(9)28(10)47-30/h18,20-21,23-30,32-33,35,45H,15-17,19H2,1-14H3/b22-18+/t20-,21+,23+,24+,25-,26+,27-,28-,29+,30?,32-,33+,35?,38-/m0/s1. The molecule has 0 aliphatic carbocycles. The smallest absolute Gasteiger partial charge is 0.424 e. The fourth-order valence-corrected chi connectivity index (χ4v) is 8.53. The molecule has 14 atom stereocenters. The highest BCUT2D eigenvalue weighted by atomic mass is 19.4. The first-order valence-corrected chi connectivity index (χ1v) is 18.6. The number of cyclic esters (lactones) is 1. The Balaban J connectivity index is 2.22. The van der Waals surface area contributed by atoms with Crippen molar-refractivity contribution in [1.82, 2.24) is 0 Å². The molecule has 8 nitrogen and oxygen atoms in total. The van der Waals surface area contributed by atoms with Gasteiger partial charge in [0.1, 0.15) is 6.10 Å². The molecule has 3 heterocycles. The summed E-state index contributed by atoms with van der Waals surface area (Å²) >= 11 is 0. The van der Waals surface area contributed by atoms with Gasteiger partial charge in [0.15, 0.2) is 18.4 Å². The summed E-state index contributed by atoms with van der Waals surface area (Å²) in [6, 6.07) is 0. The van der Waals surface area contributed by atoms with E-state index in [1.165, 1.54) is 13.8 Å². The van der Waals surface area contributed by atoms with E-state index in [1.54, 1.807) is 13.8 Å². The number of rotatable bonds is 5. The van der Waals surface area contributed by atoms with Crippen molar-refractivity contribution in [3.63, 3.8) is 0 Å². The lowest BCUT2D eigenvalue weighted by Gasteiger charge is -2.49. The van der Waals surface area contributed by atoms with Gasteiger partial charge in [0.25, 0.3) is 0 Å². The van der Waals surface area contributed by atoms with Gasteiger partial charge in [-0.05, 0) is 81.3 Å². The van der Waals surface area contributed by atoms with Crippen LogP contribution in [0.2, 0.25) is 0 Å². The normalized spacial score (nSPS) is 44.8. The van der Waals surface area contributed by atoms with E-state index in [0.29, 0.717) is 18.4 Å². The van der Waals surface area contributed by atoms with Crippen LogP contribution in [0.3, 0.4) is 0 Å². The van der Waals surface area contributed by atoms with Gasteiger partial charge in [-0.15, -0.1) is 0 Å². The van der Waals surface area contributed by atoms with Crippen molar-refractivity contribution in [2.45, 2.75) is 177 Å². The molecular formula is C39H65F3O8. The maximum absolute atomic E-state index is 14.7. The molecule has 0 saturated carbocycles. The molecule has 0 radical (unpaired) electrons. The van der Waals surface area contributed by atoms with Crippen LogP contribution in [0.1, 0.15) is 123 Å². The number of allylic oxidation sites excluding steroid dienone is 1. The van der Waals surface area contributed by atoms with Gasteiger partial charge in [0.2, 0.25) is 5.60 Å². The molecule has 0 aromatic heterocycles. The van der Waals surface area contributed by atoms with E-state index in [-0.39, 0.29) is 47.9 Å². The first-order valence-electron chi connectivity index (χ1n) is 18.6. The van der Waals surface area contributed by atoms with Crippen LogP contribution in [0.4, 0.5) is 13.2 Å². The Kier molecular flexibility index (Phi) is 13.6. The SMILES string of the molecule is CC[C@H]1OC(=O)[C@H](C)[C@@H](OC2CC(C)(C)[C@@H](C)[C@H](C)O2)[C@H](C)[C@@H](OC2O[C@H](C)C[C@H](C)[C@H]2C)C(C)(C)C[C@@H](C)C(=O)/C(C)=C/[C@@]1(O)C(F)(F)F. The lowest BCUT2D eigenvalue weighted by Crippen LogP contribution is -2.56. The van der Waals surface area contributed by atoms with Gasteiger partial charge in [-0.1, -0.05) is 69.2 Å². The minimum Gasteiger partial charge on any atom is -0.458 e. The summed E-state index contributed by atoms with van der Waals surface area (Å²) in [6.45, 7) is 26.4. The molecule has 2 unspecified atom stereocenters. The fraction of sp³-hybridized carbons (Fsp3) is 0.897. The molecule has 3 rings (SSSR count). The monoisotopic (exact) mass is 718 g/mol. The third kappa shape index (κ3) is 9.15. The minimum absolute atomic E-state index is 0.0444. The molecule has 290 valence electrons. The second-order valence-electron chi connectivity index (χ2n) is 17.4. The molecule has 2 fully saturated rings. The van der Waals surface area contributed by atoms with E-state index < -0.39 is 77.6 Å². The van der Waals surface area contributed by atoms with Crippen LogP contribution in [-0.2, 0) is 33.3 Å². The van der Waals surface area contributed by atoms with Gasteiger partial charge < -0.3 is 28.8 Å². The van der Waals surface area contributed by atoms with Crippen LogP contribution < -0.4 is 0 Å². The molecule has 0 spiro atoms. The van der Waals surface area contributed by atoms with E-state index in [0.717, 1.165) is 6.42 Å². The predicted molar refractivity (Wildman–Crippen MR) is 185 cm³/mol. The number of carbonyl (C=O) groups excluding carboxylic acids is 2. The van der Waals surface area contributed by atoms with E-state index in [9.17, 15) is 27.9 Å². The van der Waals surface area contributed by atoms with Gasteiger partial charge >= 0.3 is 12.1 Å². The number of aliphatic hydroxyl groups is 1. The Morgan fingerprint density at radius 1 is 0.900 bits per heavy atom. The van der Waals surface area contributed by atoms with Gasteiger partial charge in [0, 0.05) is 24.2 Å². The second kappa shape index (κ2) is 15.8. The van der Waals surface area contributed by atoms with Gasteiger partial charge in [0.05, 0.1) is 30.3 Å². The van der Waals surface area contributed by atoms with Crippen LogP contribution in [0.15, 0.2) is 11.6 Å². The maximum atomic E-state index is 14.7. The average molecular weight is 719 g/mol. The molecule has 11 heteroatoms. The molecule has 2 saturated heterocycles. The second-order valence-corrected chi connectivity index (χ2v) is 17.4. The topological polar surface area (TPSA) is 101 Å². The molecule has 0 amide bonds. The largest absolute Gasteiger partial charge is 0.458 e. The lowest BCUT2D eigenvalue weighted by atomic mass is 9.70. The first-order chi connectivity index (χ1) is 22.8. The Bertz CT molecular complexity index is 1220. The summed E-state index contributed by atoms with van der Waals surface area (Å²) in [5.74, 6) is -3.30. The number of ether oxygens (including phenoxy) is 5. The van der Waals surface area contributed by atoms with E-state index >= 15 is 0 Å². The number of hydrogen-bond donors (Lipinski definition) is 1. The predicted octanol–water partition coefficient (Wildman–Crippen LogP) is 8.43. The molecule has 1 N–H and O–H groups in total. The molecule has 0 aromatic carbocycles. The summed E-state index contributed by atoms with van der Waals surface area (Å²) in [4.78, 5) is 27.8. The first kappa shape index (κ1) is 42.9. The highest BCUT2D eigenvalue weighted by Gasteiger charge is 2.59. The lowest BCUT2D eigenvalue weighted by molar-refractivity contribution is -0.294. The summed E-state index contributed by atoms with van der Waals surface area (Å²) in [5.41, 5.74) is -4.78. The highest BCUT2D eigenvalue weighted by Crippen LogP contribution is 2.46. The van der Waals surface area contributed by atoms with Crippen LogP contribution in [-0.4, -0.2) is 71.7 Å². The Morgan fingerprint density at radius 2 is 1.50 bits per heavy atom. The molecule has 0 bridgehead atoms. The Hall–Kier alpha value is -1.53. The molecule has 0 aromatic rings. The van der Waals surface area contributed by atoms with Crippen LogP contribution in [0, 0.1) is 46.3 Å². The molecule has 3 aliphatic rings. The maximum Gasteiger partial charge on any atom is 0.424 e. The number of ketones is 1. The number of hydrogen-bond acceptors (Lipinski definition) is 8. The quantitative estimate of drug-likeness (QED) is 0.283. The number of esters is 1. The van der Waals surface area contributed by atoms with Crippen LogP contribution in [0.5, 0.6) is 0 Å². The Morgan fingerprint density at radius 3 is 2.04 bits per heavy atom. The Labute approximate surface area is 298 Å². The summed E-state index contributed by atoms with van der Waals surface area (Å²) in [7, 11) is 0. The van der Waals surface area contributed by atoms with Gasteiger partial charge in [-0.2, -0.15) is 13.2 Å². The third-order valence-electron chi connectivity index (χ3n) is 12.3. The van der Waals surface area contributed by atoms with E-state index in [1.807, 2.05) is 34.6 Å². The summed E-state index contributed by atoms with van der Waals surface area (Å²) in [5, 5.41) is 11.2. The van der Waals surface area contributed by atoms with Gasteiger partial charge in [-0.3, -0.25) is 9.59 Å². The number of Topliss-reactive ketones (excluding diaryl/α,β-unsaturated/α-hetero) is 1. The zero-order valence-electron chi connectivity index (χ0n) is 32.9. The molecule has 50 heavy (non-hydrogen) atoms. The fourth-order valence-electron chi connectivity index (χ4n) is 8.53. The van der Waals surface area contributed by atoms with Crippen molar-refractivity contribution in [3.05, 3.63) is 11.6 Å². The number of carbonyl (C=O) groups is 2. The number of halogens is 3. The van der Waals surface area contributed by atoms with Crippen molar-refractivity contribution in [2.24, 2.45) is 46.3 Å². The van der Waals surface area contributed by atoms with Crippen molar-refractivity contribution in [3.8, 4) is 0 Å². The van der Waals surface area contributed by atoms with Crippen molar-refractivity contribution in [1.29, 1.82) is 0 Å². The molecule has 3 aliphatic heterocycles. The van der Waals surface area contributed by atoms with E-state index in [2.05, 4.69) is 34.6 Å². The van der Waals surface area contributed by atoms with Crippen molar-refractivity contribution in [2.75, 3.05) is 0 Å². The number of alkyl halides is 3. The average Bonchev–Trinajstić information content (AvgIpc) is 2.99. The van der Waals surface area contributed by atoms with Crippen molar-refractivity contribution < 1.29 is 51.6 Å². The minimum atomic E-state index is -5.24. The summed E-state index contributed by atoms with van der Waals surface area (Å²) < 4.78 is 76.0. The zero-order valence-corrected chi connectivity index (χ0v) is 32.9. The van der Waals surface area contributed by atoms with E-state index in [4.69, 9.17) is 23.7 Å². The third-order valence-corrected chi connectivity index (χ3v) is 12.3. The van der Waals surface area contributed by atoms with Crippen LogP contribution >= 0.6 is 0 Å². The van der Waals surface area contributed by atoms with Gasteiger partial charge in [-0.25, -0.2) is 0 Å². The van der Waals surface area contributed by atoms with Crippen LogP contribution in [0.25, 0.3) is 0 Å². The molecular weight excluding hydrogens is 653 g/mol.